The summed E-state index contributed by atoms with van der Waals surface area (Å²) in [6, 6.07) is 22.2. The smallest absolute Gasteiger partial charge is 0.257 e. The Bertz CT molecular complexity index is 1490. The number of imide groups is 1. The summed E-state index contributed by atoms with van der Waals surface area (Å²) in [4.78, 5) is 56.3. The Kier molecular flexibility index (Phi) is 7.36. The minimum Gasteiger partial charge on any atom is -0.331 e. The highest BCUT2D eigenvalue weighted by molar-refractivity contribution is 6.06. The van der Waals surface area contributed by atoms with E-state index >= 15 is 4.39 Å². The molecule has 0 spiro atoms. The van der Waals surface area contributed by atoms with Crippen LogP contribution in [0.2, 0.25) is 0 Å². The van der Waals surface area contributed by atoms with Crippen LogP contribution in [0.3, 0.4) is 0 Å². The van der Waals surface area contributed by atoms with Crippen molar-refractivity contribution in [2.24, 2.45) is 0 Å². The molecular weight excluding hydrogens is 535 g/mol. The zero-order valence-corrected chi connectivity index (χ0v) is 23.6. The number of fused-ring (bicyclic) bond motifs is 1. The van der Waals surface area contributed by atoms with Crippen molar-refractivity contribution < 1.29 is 23.6 Å². The second kappa shape index (κ2) is 11.1. The molecule has 8 nitrogen and oxygen atoms in total. The number of rotatable bonds is 5. The number of nitrogens with one attached hydrogen (secondary N) is 1. The summed E-state index contributed by atoms with van der Waals surface area (Å²) in [7, 11) is 0. The van der Waals surface area contributed by atoms with E-state index in [1.54, 1.807) is 4.90 Å². The molecule has 3 heterocycles. The summed E-state index contributed by atoms with van der Waals surface area (Å²) in [6.45, 7) is 5.03. The SMILES string of the molecule is CC1CN(C(c2ccccc2)c2ccccc2)CC(C)N1C(=O)c1ccc2c(c1F)CN(C1CCC(=O)NC1=O)C2=O. The zero-order chi connectivity index (χ0) is 29.5. The number of hydrogen-bond acceptors (Lipinski definition) is 5. The van der Waals surface area contributed by atoms with E-state index in [0.29, 0.717) is 13.1 Å². The Morgan fingerprint density at radius 1 is 0.881 bits per heavy atom. The molecule has 0 radical (unpaired) electrons. The fourth-order valence-electron chi connectivity index (χ4n) is 6.77. The summed E-state index contributed by atoms with van der Waals surface area (Å²) < 4.78 is 16.0. The van der Waals surface area contributed by atoms with Gasteiger partial charge in [0.05, 0.1) is 18.2 Å². The van der Waals surface area contributed by atoms with Crippen molar-refractivity contribution in [1.29, 1.82) is 0 Å². The third-order valence-electron chi connectivity index (χ3n) is 8.66. The fraction of sp³-hybridized carbons (Fsp3) is 0.333. The van der Waals surface area contributed by atoms with Gasteiger partial charge >= 0.3 is 0 Å². The Balaban J connectivity index is 1.23. The molecular formula is C33H33FN4O4. The lowest BCUT2D eigenvalue weighted by Gasteiger charge is -2.47. The minimum atomic E-state index is -0.851. The van der Waals surface area contributed by atoms with Gasteiger partial charge in [-0.1, -0.05) is 60.7 Å². The lowest BCUT2D eigenvalue weighted by molar-refractivity contribution is -0.136. The highest BCUT2D eigenvalue weighted by atomic mass is 19.1. The normalized spacial score (nSPS) is 22.9. The first-order valence-corrected chi connectivity index (χ1v) is 14.4. The summed E-state index contributed by atoms with van der Waals surface area (Å²) in [5, 5.41) is 2.25. The minimum absolute atomic E-state index is 0.00978. The first-order valence-electron chi connectivity index (χ1n) is 14.4. The van der Waals surface area contributed by atoms with Gasteiger partial charge in [-0.3, -0.25) is 29.4 Å². The van der Waals surface area contributed by atoms with E-state index in [1.807, 2.05) is 50.2 Å². The fourth-order valence-corrected chi connectivity index (χ4v) is 6.77. The molecule has 2 fully saturated rings. The molecule has 0 aromatic heterocycles. The van der Waals surface area contributed by atoms with Gasteiger partial charge in [0.1, 0.15) is 11.9 Å². The number of piperazine rings is 1. The van der Waals surface area contributed by atoms with Crippen LogP contribution in [0, 0.1) is 5.82 Å². The van der Waals surface area contributed by atoms with E-state index in [-0.39, 0.29) is 60.1 Å². The molecule has 3 aromatic rings. The first kappa shape index (κ1) is 27.8. The third kappa shape index (κ3) is 4.87. The Labute approximate surface area is 244 Å². The number of nitrogens with zero attached hydrogens (tertiary/aromatic N) is 3. The predicted octanol–water partition coefficient (Wildman–Crippen LogP) is 3.91. The lowest BCUT2D eigenvalue weighted by atomic mass is 9.94. The molecule has 4 amide bonds. The van der Waals surface area contributed by atoms with Crippen LogP contribution in [0.5, 0.6) is 0 Å². The number of carbonyl (C=O) groups excluding carboxylic acids is 4. The molecule has 216 valence electrons. The van der Waals surface area contributed by atoms with Gasteiger partial charge in [-0.05, 0) is 43.5 Å². The molecule has 3 aliphatic heterocycles. The second-order valence-electron chi connectivity index (χ2n) is 11.4. The number of amides is 4. The largest absolute Gasteiger partial charge is 0.331 e. The number of hydrogen-bond donors (Lipinski definition) is 1. The van der Waals surface area contributed by atoms with Crippen molar-refractivity contribution in [3.05, 3.63) is 106 Å². The average Bonchev–Trinajstić information content (AvgIpc) is 3.31. The standard InChI is InChI=1S/C33H33FN4O4/c1-20-17-36(30(22-9-5-3-6-10-22)23-11-7-4-8-12-23)18-21(2)38(20)33(42)25-14-13-24-26(29(25)34)19-37(32(24)41)27-15-16-28(39)35-31(27)40/h3-14,20-21,27,30H,15-19H2,1-2H3,(H,35,39,40). The monoisotopic (exact) mass is 568 g/mol. The average molecular weight is 569 g/mol. The summed E-state index contributed by atoms with van der Waals surface area (Å²) >= 11 is 0. The maximum Gasteiger partial charge on any atom is 0.257 e. The van der Waals surface area contributed by atoms with Crippen LogP contribution in [0.25, 0.3) is 0 Å². The van der Waals surface area contributed by atoms with Crippen LogP contribution in [-0.4, -0.2) is 69.5 Å². The van der Waals surface area contributed by atoms with Gasteiger partial charge < -0.3 is 9.80 Å². The number of benzene rings is 3. The van der Waals surface area contributed by atoms with Gasteiger partial charge in [0.25, 0.3) is 11.8 Å². The van der Waals surface area contributed by atoms with Gasteiger partial charge in [0, 0.05) is 42.7 Å². The molecule has 2 saturated heterocycles. The lowest BCUT2D eigenvalue weighted by Crippen LogP contribution is -2.59. The molecule has 9 heteroatoms. The number of carbonyl (C=O) groups is 4. The van der Waals surface area contributed by atoms with Crippen molar-refractivity contribution in [3.63, 3.8) is 0 Å². The van der Waals surface area contributed by atoms with Crippen LogP contribution >= 0.6 is 0 Å². The van der Waals surface area contributed by atoms with Crippen molar-refractivity contribution in [3.8, 4) is 0 Å². The Hall–Kier alpha value is -4.37. The van der Waals surface area contributed by atoms with Crippen LogP contribution < -0.4 is 5.32 Å². The van der Waals surface area contributed by atoms with Crippen molar-refractivity contribution >= 4 is 23.6 Å². The second-order valence-corrected chi connectivity index (χ2v) is 11.4. The molecule has 3 aromatic carbocycles. The van der Waals surface area contributed by atoms with Crippen LogP contribution in [0.4, 0.5) is 4.39 Å². The highest BCUT2D eigenvalue weighted by Crippen LogP contribution is 2.35. The van der Waals surface area contributed by atoms with Gasteiger partial charge in [-0.25, -0.2) is 4.39 Å². The molecule has 0 saturated carbocycles. The van der Waals surface area contributed by atoms with Crippen LogP contribution in [-0.2, 0) is 16.1 Å². The van der Waals surface area contributed by atoms with Crippen LogP contribution in [0.15, 0.2) is 72.8 Å². The maximum absolute atomic E-state index is 16.0. The number of halogens is 1. The van der Waals surface area contributed by atoms with Crippen molar-refractivity contribution in [2.75, 3.05) is 13.1 Å². The van der Waals surface area contributed by atoms with Gasteiger partial charge in [-0.15, -0.1) is 0 Å². The molecule has 1 N–H and O–H groups in total. The van der Waals surface area contributed by atoms with Gasteiger partial charge in [-0.2, -0.15) is 0 Å². The van der Waals surface area contributed by atoms with E-state index in [9.17, 15) is 19.2 Å². The van der Waals surface area contributed by atoms with E-state index in [1.165, 1.54) is 17.0 Å². The molecule has 3 aliphatic rings. The molecule has 42 heavy (non-hydrogen) atoms. The molecule has 0 bridgehead atoms. The Morgan fingerprint density at radius 2 is 1.48 bits per heavy atom. The summed E-state index contributed by atoms with van der Waals surface area (Å²) in [5.41, 5.74) is 2.51. The van der Waals surface area contributed by atoms with E-state index < -0.39 is 29.6 Å². The van der Waals surface area contributed by atoms with Crippen LogP contribution in [0.1, 0.15) is 70.1 Å². The third-order valence-corrected chi connectivity index (χ3v) is 8.66. The quantitative estimate of drug-likeness (QED) is 0.472. The predicted molar refractivity (Wildman–Crippen MR) is 154 cm³/mol. The first-order chi connectivity index (χ1) is 20.2. The molecule has 0 aliphatic carbocycles. The van der Waals surface area contributed by atoms with Crippen molar-refractivity contribution in [2.45, 2.75) is 57.4 Å². The molecule has 3 unspecified atom stereocenters. The molecule has 6 rings (SSSR count). The van der Waals surface area contributed by atoms with Crippen molar-refractivity contribution in [1.82, 2.24) is 20.0 Å². The molecule has 3 atom stereocenters. The van der Waals surface area contributed by atoms with E-state index in [2.05, 4.69) is 34.5 Å². The topological polar surface area (TPSA) is 90.0 Å². The van der Waals surface area contributed by atoms with Gasteiger partial charge in [0.2, 0.25) is 11.8 Å². The summed E-state index contributed by atoms with van der Waals surface area (Å²) in [5.74, 6) is -2.57. The zero-order valence-electron chi connectivity index (χ0n) is 23.6. The highest BCUT2D eigenvalue weighted by Gasteiger charge is 2.42. The van der Waals surface area contributed by atoms with E-state index in [0.717, 1.165) is 11.1 Å². The Morgan fingerprint density at radius 3 is 2.05 bits per heavy atom. The maximum atomic E-state index is 16.0. The van der Waals surface area contributed by atoms with E-state index in [4.69, 9.17) is 0 Å². The summed E-state index contributed by atoms with van der Waals surface area (Å²) in [6.07, 6.45) is 0.296. The number of piperidine rings is 1. The van der Waals surface area contributed by atoms with Gasteiger partial charge in [0.15, 0.2) is 0 Å².